The monoisotopic (exact) mass is 719 g/mol. The number of fused-ring (bicyclic) bond motifs is 2. The molecule has 0 saturated carbocycles. The Labute approximate surface area is 297 Å². The van der Waals surface area contributed by atoms with Crippen LogP contribution in [0.15, 0.2) is 95.9 Å². The first kappa shape index (κ1) is 36.4. The van der Waals surface area contributed by atoms with Crippen LogP contribution in [-0.4, -0.2) is 64.8 Å². The van der Waals surface area contributed by atoms with E-state index in [1.54, 1.807) is 11.8 Å². The molecule has 49 heavy (non-hydrogen) atoms. The van der Waals surface area contributed by atoms with E-state index in [9.17, 15) is 27.4 Å². The number of carbonyl (C=O) groups is 3. The van der Waals surface area contributed by atoms with Crippen molar-refractivity contribution in [3.8, 4) is 0 Å². The Balaban J connectivity index is 1.44. The van der Waals surface area contributed by atoms with E-state index in [2.05, 4.69) is 46.6 Å². The maximum Gasteiger partial charge on any atom is 0.264 e. The van der Waals surface area contributed by atoms with Gasteiger partial charge in [0.25, 0.3) is 21.9 Å². The lowest BCUT2D eigenvalue weighted by molar-refractivity contribution is -0.137. The second-order valence-electron chi connectivity index (χ2n) is 11.7. The van der Waals surface area contributed by atoms with Gasteiger partial charge in [-0.3, -0.25) is 23.8 Å². The van der Waals surface area contributed by atoms with Gasteiger partial charge in [0, 0.05) is 64.6 Å². The molecule has 5 rings (SSSR count). The van der Waals surface area contributed by atoms with Crippen molar-refractivity contribution in [3.05, 3.63) is 113 Å². The van der Waals surface area contributed by atoms with Gasteiger partial charge in [-0.05, 0) is 48.5 Å². The first-order chi connectivity index (χ1) is 23.7. The molecule has 0 saturated heterocycles. The zero-order valence-electron chi connectivity index (χ0n) is 27.4. The van der Waals surface area contributed by atoms with Gasteiger partial charge in [0.1, 0.15) is 5.37 Å². The molecule has 0 aromatic heterocycles. The number of anilines is 2. The van der Waals surface area contributed by atoms with Gasteiger partial charge in [-0.25, -0.2) is 0 Å². The number of thioether (sulfide) groups is 2. The molecule has 1 unspecified atom stereocenters. The number of carbonyl (C=O) groups excluding carboxylic acids is 3. The number of hydrogen-bond acceptors (Lipinski definition) is 8. The van der Waals surface area contributed by atoms with Crippen LogP contribution in [0, 0.1) is 0 Å². The third-order valence-electron chi connectivity index (χ3n) is 8.21. The summed E-state index contributed by atoms with van der Waals surface area (Å²) in [5.41, 5.74) is 6.27. The minimum absolute atomic E-state index is 0.110. The Morgan fingerprint density at radius 1 is 0.816 bits per heavy atom. The van der Waals surface area contributed by atoms with Gasteiger partial charge in [0.15, 0.2) is 0 Å². The van der Waals surface area contributed by atoms with E-state index in [4.69, 9.17) is 0 Å². The summed E-state index contributed by atoms with van der Waals surface area (Å²) in [5, 5.41) is 2.86. The number of imide groups is 1. The van der Waals surface area contributed by atoms with Gasteiger partial charge < -0.3 is 10.2 Å². The van der Waals surface area contributed by atoms with Crippen LogP contribution in [0.25, 0.3) is 5.57 Å². The summed E-state index contributed by atoms with van der Waals surface area (Å²) in [7, 11) is -4.11. The summed E-state index contributed by atoms with van der Waals surface area (Å²) < 4.78 is 32.5. The van der Waals surface area contributed by atoms with Crippen molar-refractivity contribution >= 4 is 68.3 Å². The summed E-state index contributed by atoms with van der Waals surface area (Å²) in [6.45, 7) is 3.03. The quantitative estimate of drug-likeness (QED) is 0.0672. The van der Waals surface area contributed by atoms with Crippen molar-refractivity contribution in [3.63, 3.8) is 0 Å². The highest BCUT2D eigenvalue weighted by Crippen LogP contribution is 2.50. The fraction of sp³-hybridized carbons (Fsp3) is 0.324. The largest absolute Gasteiger partial charge is 0.340 e. The normalized spacial score (nSPS) is 14.5. The highest BCUT2D eigenvalue weighted by molar-refractivity contribution is 8.06. The average Bonchev–Trinajstić information content (AvgIpc) is 3.41. The minimum atomic E-state index is -4.11. The van der Waals surface area contributed by atoms with Gasteiger partial charge in [-0.15, -0.1) is 23.5 Å². The third-order valence-corrected chi connectivity index (χ3v) is 11.4. The van der Waals surface area contributed by atoms with Gasteiger partial charge in [0.05, 0.1) is 5.75 Å². The molecule has 0 radical (unpaired) electrons. The second-order valence-corrected chi connectivity index (χ2v) is 15.8. The maximum absolute atomic E-state index is 13.4. The van der Waals surface area contributed by atoms with Crippen molar-refractivity contribution in [2.45, 2.75) is 50.9 Å². The molecule has 0 bridgehead atoms. The second kappa shape index (κ2) is 17.2. The van der Waals surface area contributed by atoms with Crippen LogP contribution in [0.5, 0.6) is 0 Å². The number of para-hydroxylation sites is 2. The van der Waals surface area contributed by atoms with Crippen molar-refractivity contribution < 1.29 is 27.4 Å². The number of benzene rings is 3. The lowest BCUT2D eigenvalue weighted by atomic mass is 9.89. The Morgan fingerprint density at radius 3 is 2.04 bits per heavy atom. The van der Waals surface area contributed by atoms with Crippen LogP contribution in [0.4, 0.5) is 11.4 Å². The lowest BCUT2D eigenvalue weighted by Gasteiger charge is -2.37. The molecule has 12 heteroatoms. The number of nitrogens with zero attached hydrogens (tertiary/aromatic N) is 2. The Morgan fingerprint density at radius 2 is 1.43 bits per heavy atom. The van der Waals surface area contributed by atoms with E-state index in [0.717, 1.165) is 38.7 Å². The van der Waals surface area contributed by atoms with Crippen LogP contribution < -0.4 is 10.2 Å². The van der Waals surface area contributed by atoms with Crippen molar-refractivity contribution in [1.82, 2.24) is 10.2 Å². The molecular weight excluding hydrogens is 679 g/mol. The van der Waals surface area contributed by atoms with Crippen LogP contribution in [0.3, 0.4) is 0 Å². The number of rotatable bonds is 17. The van der Waals surface area contributed by atoms with E-state index in [1.807, 2.05) is 49.4 Å². The molecule has 3 amide bonds. The fourth-order valence-corrected chi connectivity index (χ4v) is 8.97. The molecule has 2 heterocycles. The molecule has 2 aliphatic heterocycles. The molecule has 9 nitrogen and oxygen atoms in total. The average molecular weight is 720 g/mol. The van der Waals surface area contributed by atoms with Gasteiger partial charge in [0.2, 0.25) is 5.91 Å². The van der Waals surface area contributed by atoms with E-state index >= 15 is 0 Å². The zero-order chi connectivity index (χ0) is 34.8. The predicted octanol–water partition coefficient (Wildman–Crippen LogP) is 6.79. The Kier molecular flexibility index (Phi) is 12.8. The maximum atomic E-state index is 13.4. The van der Waals surface area contributed by atoms with Crippen LogP contribution in [0.1, 0.15) is 55.7 Å². The van der Waals surface area contributed by atoms with E-state index in [-0.39, 0.29) is 36.3 Å². The number of hydrogen-bond donors (Lipinski definition) is 2. The molecule has 258 valence electrons. The van der Waals surface area contributed by atoms with Crippen molar-refractivity contribution in [2.75, 3.05) is 28.7 Å². The Hall–Kier alpha value is -3.84. The summed E-state index contributed by atoms with van der Waals surface area (Å²) in [4.78, 5) is 41.6. The summed E-state index contributed by atoms with van der Waals surface area (Å²) in [6.07, 6.45) is 4.99. The molecular formula is C37H41N3O6S3. The lowest BCUT2D eigenvalue weighted by Crippen LogP contribution is -2.34. The molecule has 0 spiro atoms. The SMILES string of the molecule is CCSC(NC(=O)CCCCCN1C(=O)C=CC1=O)C(SCCCS(=O)(=O)O)=C1c2ccccc2N(Cc2ccccc2)c2ccccc21. The molecule has 0 aliphatic carbocycles. The molecule has 3 aromatic rings. The predicted molar refractivity (Wildman–Crippen MR) is 199 cm³/mol. The van der Waals surface area contributed by atoms with Gasteiger partial charge in [-0.1, -0.05) is 80.1 Å². The minimum Gasteiger partial charge on any atom is -0.340 e. The first-order valence-electron chi connectivity index (χ1n) is 16.4. The van der Waals surface area contributed by atoms with Crippen LogP contribution in [0.2, 0.25) is 0 Å². The van der Waals surface area contributed by atoms with Crippen LogP contribution >= 0.6 is 23.5 Å². The van der Waals surface area contributed by atoms with Crippen molar-refractivity contribution in [1.29, 1.82) is 0 Å². The van der Waals surface area contributed by atoms with E-state index < -0.39 is 15.5 Å². The van der Waals surface area contributed by atoms with Gasteiger partial charge in [-0.2, -0.15) is 8.42 Å². The highest BCUT2D eigenvalue weighted by atomic mass is 32.2. The fourth-order valence-electron chi connectivity index (χ4n) is 5.97. The number of amides is 3. The molecule has 2 aliphatic rings. The van der Waals surface area contributed by atoms with Crippen LogP contribution in [-0.2, 0) is 31.0 Å². The number of nitrogens with one attached hydrogen (secondary N) is 1. The summed E-state index contributed by atoms with van der Waals surface area (Å²) in [6, 6.07) is 26.8. The standard InChI is InChI=1S/C37H41N3O6S3/c1-2-47-37(38-32(41)20-7-4-12-23-39-33(42)21-22-34(39)43)36(48-24-13-25-49(44,45)46)35-28-16-8-10-18-30(28)40(26-27-14-5-3-6-15-27)31-19-11-9-17-29(31)35/h3,5-6,8-11,14-19,21-22,37H,2,4,7,12-13,20,23-26H2,1H3,(H,38,41)(H,44,45,46). The first-order valence-corrected chi connectivity index (χ1v) is 20.1. The summed E-state index contributed by atoms with van der Waals surface area (Å²) >= 11 is 3.12. The zero-order valence-corrected chi connectivity index (χ0v) is 29.9. The molecule has 0 fully saturated rings. The third kappa shape index (κ3) is 9.66. The number of unbranched alkanes of at least 4 members (excludes halogenated alkanes) is 2. The molecule has 3 aromatic carbocycles. The Bertz CT molecular complexity index is 1760. The smallest absolute Gasteiger partial charge is 0.264 e. The van der Waals surface area contributed by atoms with E-state index in [1.165, 1.54) is 34.4 Å². The highest BCUT2D eigenvalue weighted by Gasteiger charge is 2.31. The summed E-state index contributed by atoms with van der Waals surface area (Å²) in [5.74, 6) is 0.0969. The van der Waals surface area contributed by atoms with Crippen molar-refractivity contribution in [2.24, 2.45) is 0 Å². The topological polar surface area (TPSA) is 124 Å². The van der Waals surface area contributed by atoms with Gasteiger partial charge >= 0.3 is 0 Å². The molecule has 2 N–H and O–H groups in total. The van der Waals surface area contributed by atoms with E-state index in [0.29, 0.717) is 38.1 Å². The molecule has 1 atom stereocenters.